The van der Waals surface area contributed by atoms with Gasteiger partial charge >= 0.3 is 0 Å². The van der Waals surface area contributed by atoms with E-state index in [2.05, 4.69) is 96.3 Å². The Morgan fingerprint density at radius 1 is 0.415 bits per heavy atom. The standard InChI is InChI=1S/4C7H14N2S.Pt/c4*1-6(2)9-5-3-4-8-7(9)10;/h4*6H,3-5H2,1-2H3,(H,8,10);. The average molecular weight is 828 g/mol. The predicted octanol–water partition coefficient (Wildman–Crippen LogP) is 3.90. The van der Waals surface area contributed by atoms with E-state index in [0.29, 0.717) is 24.2 Å². The van der Waals surface area contributed by atoms with Crippen LogP contribution in [0.2, 0.25) is 0 Å². The molecule has 0 aromatic heterocycles. The van der Waals surface area contributed by atoms with Crippen molar-refractivity contribution < 1.29 is 21.1 Å². The zero-order valence-corrected chi connectivity index (χ0v) is 32.1. The van der Waals surface area contributed by atoms with Crippen LogP contribution in [0.25, 0.3) is 0 Å². The summed E-state index contributed by atoms with van der Waals surface area (Å²) in [5.41, 5.74) is 0. The summed E-state index contributed by atoms with van der Waals surface area (Å²) in [7, 11) is 0. The van der Waals surface area contributed by atoms with Gasteiger partial charge in [-0.3, -0.25) is 0 Å². The Balaban J connectivity index is 0.000000516. The van der Waals surface area contributed by atoms with Gasteiger partial charge < -0.3 is 40.9 Å². The first-order chi connectivity index (χ1) is 18.9. The van der Waals surface area contributed by atoms with Crippen molar-refractivity contribution in [3.8, 4) is 0 Å². The summed E-state index contributed by atoms with van der Waals surface area (Å²) in [5, 5.41) is 16.4. The van der Waals surface area contributed by atoms with Gasteiger partial charge in [0.2, 0.25) is 0 Å². The molecule has 4 aliphatic heterocycles. The summed E-state index contributed by atoms with van der Waals surface area (Å²) in [6.45, 7) is 26.0. The minimum atomic E-state index is 0. The monoisotopic (exact) mass is 827 g/mol. The molecule has 0 saturated carbocycles. The van der Waals surface area contributed by atoms with Crippen LogP contribution in [0.5, 0.6) is 0 Å². The van der Waals surface area contributed by atoms with Gasteiger partial charge in [0.15, 0.2) is 20.4 Å². The first-order valence-corrected chi connectivity index (χ1v) is 16.7. The molecule has 242 valence electrons. The van der Waals surface area contributed by atoms with Gasteiger partial charge in [-0.25, -0.2) is 0 Å². The Morgan fingerprint density at radius 2 is 0.585 bits per heavy atom. The van der Waals surface area contributed by atoms with Crippen LogP contribution in [0, 0.1) is 0 Å². The second-order valence-electron chi connectivity index (χ2n) is 11.5. The van der Waals surface area contributed by atoms with E-state index >= 15 is 0 Å². The molecule has 0 radical (unpaired) electrons. The topological polar surface area (TPSA) is 61.1 Å². The molecule has 0 bridgehead atoms. The van der Waals surface area contributed by atoms with Crippen LogP contribution in [0.15, 0.2) is 0 Å². The minimum absolute atomic E-state index is 0. The van der Waals surface area contributed by atoms with Crippen molar-refractivity contribution in [1.29, 1.82) is 0 Å². The van der Waals surface area contributed by atoms with E-state index in [1.807, 2.05) is 0 Å². The molecule has 4 N–H and O–H groups in total. The van der Waals surface area contributed by atoms with Crippen LogP contribution in [-0.2, 0) is 21.1 Å². The smallest absolute Gasteiger partial charge is 0.169 e. The molecule has 4 aliphatic rings. The molecule has 8 nitrogen and oxygen atoms in total. The Morgan fingerprint density at radius 3 is 0.683 bits per heavy atom. The Kier molecular flexibility index (Phi) is 21.7. The van der Waals surface area contributed by atoms with Crippen molar-refractivity contribution in [2.24, 2.45) is 0 Å². The van der Waals surface area contributed by atoms with E-state index in [9.17, 15) is 0 Å². The number of hydrogen-bond acceptors (Lipinski definition) is 4. The van der Waals surface area contributed by atoms with E-state index < -0.39 is 0 Å². The van der Waals surface area contributed by atoms with Crippen molar-refractivity contribution in [1.82, 2.24) is 40.9 Å². The molecule has 4 fully saturated rings. The zero-order chi connectivity index (χ0) is 30.2. The summed E-state index contributed by atoms with van der Waals surface area (Å²) < 4.78 is 0. The summed E-state index contributed by atoms with van der Waals surface area (Å²) in [5.74, 6) is 0. The van der Waals surface area contributed by atoms with Gasteiger partial charge in [0.25, 0.3) is 0 Å². The maximum atomic E-state index is 5.12. The molecule has 0 amide bonds. The Labute approximate surface area is 287 Å². The van der Waals surface area contributed by atoms with Gasteiger partial charge in [-0.05, 0) is 130 Å². The largest absolute Gasteiger partial charge is 0.362 e. The van der Waals surface area contributed by atoms with Gasteiger partial charge in [-0.15, -0.1) is 0 Å². The molecule has 0 unspecified atom stereocenters. The van der Waals surface area contributed by atoms with Gasteiger partial charge in [0, 0.05) is 97.6 Å². The molecule has 0 atom stereocenters. The second kappa shape index (κ2) is 22.0. The predicted molar refractivity (Wildman–Crippen MR) is 188 cm³/mol. The van der Waals surface area contributed by atoms with Gasteiger partial charge in [0.05, 0.1) is 0 Å². The van der Waals surface area contributed by atoms with Crippen molar-refractivity contribution >= 4 is 69.3 Å². The van der Waals surface area contributed by atoms with Crippen LogP contribution >= 0.6 is 48.9 Å². The fraction of sp³-hybridized carbons (Fsp3) is 0.857. The van der Waals surface area contributed by atoms with Crippen LogP contribution in [0.1, 0.15) is 81.1 Å². The molecule has 0 spiro atoms. The summed E-state index contributed by atoms with van der Waals surface area (Å²) in [4.78, 5) is 8.88. The molecule has 0 aliphatic carbocycles. The normalized spacial score (nSPS) is 19.0. The van der Waals surface area contributed by atoms with Crippen molar-refractivity contribution in [3.63, 3.8) is 0 Å². The number of thiocarbonyl (C=S) groups is 4. The molecule has 41 heavy (non-hydrogen) atoms. The third-order valence-corrected chi connectivity index (χ3v) is 8.46. The van der Waals surface area contributed by atoms with Crippen molar-refractivity contribution in [2.75, 3.05) is 52.4 Å². The van der Waals surface area contributed by atoms with Gasteiger partial charge in [-0.2, -0.15) is 0 Å². The van der Waals surface area contributed by atoms with E-state index in [-0.39, 0.29) is 21.1 Å². The van der Waals surface area contributed by atoms with Crippen LogP contribution < -0.4 is 21.3 Å². The number of nitrogens with zero attached hydrogens (tertiary/aromatic N) is 4. The fourth-order valence-corrected chi connectivity index (χ4v) is 6.18. The van der Waals surface area contributed by atoms with E-state index in [1.165, 1.54) is 25.7 Å². The quantitative estimate of drug-likeness (QED) is 0.312. The average Bonchev–Trinajstić information content (AvgIpc) is 2.90. The third kappa shape index (κ3) is 15.7. The maximum absolute atomic E-state index is 5.12. The van der Waals surface area contributed by atoms with Crippen LogP contribution in [0.4, 0.5) is 0 Å². The van der Waals surface area contributed by atoms with Crippen molar-refractivity contribution in [2.45, 2.75) is 105 Å². The number of hydrogen-bond donors (Lipinski definition) is 4. The molecule has 13 heteroatoms. The minimum Gasteiger partial charge on any atom is -0.362 e. The number of nitrogens with one attached hydrogen (secondary N) is 4. The van der Waals surface area contributed by atoms with Gasteiger partial charge in [0.1, 0.15) is 0 Å². The van der Waals surface area contributed by atoms with E-state index in [0.717, 1.165) is 72.8 Å². The number of rotatable bonds is 4. The maximum Gasteiger partial charge on any atom is 0.169 e. The molecule has 4 rings (SSSR count). The Hall–Kier alpha value is -0.552. The first-order valence-electron chi connectivity index (χ1n) is 15.0. The van der Waals surface area contributed by atoms with E-state index in [1.54, 1.807) is 0 Å². The van der Waals surface area contributed by atoms with Gasteiger partial charge in [-0.1, -0.05) is 0 Å². The molecular formula is C28H56N8PtS4. The molecular weight excluding hydrogens is 772 g/mol. The molecule has 4 saturated heterocycles. The van der Waals surface area contributed by atoms with Crippen LogP contribution in [0.3, 0.4) is 0 Å². The van der Waals surface area contributed by atoms with E-state index in [4.69, 9.17) is 48.9 Å². The molecule has 0 aromatic rings. The summed E-state index contributed by atoms with van der Waals surface area (Å²) in [6.07, 6.45) is 4.83. The van der Waals surface area contributed by atoms with Crippen molar-refractivity contribution in [3.05, 3.63) is 0 Å². The SMILES string of the molecule is CC(C)N1CCCNC1=S.CC(C)N1CCCNC1=S.CC(C)N1CCCNC1=S.CC(C)N1CCCNC1=S.[Pt]. The molecule has 0 aromatic carbocycles. The first kappa shape index (κ1) is 40.4. The summed E-state index contributed by atoms with van der Waals surface area (Å²) >= 11 is 20.5. The zero-order valence-electron chi connectivity index (χ0n) is 26.5. The molecule has 4 heterocycles. The third-order valence-electron chi connectivity index (χ3n) is 6.94. The fourth-order valence-electron chi connectivity index (χ4n) is 4.56. The van der Waals surface area contributed by atoms with Crippen LogP contribution in [-0.4, -0.2) is 117 Å². The summed E-state index contributed by atoms with van der Waals surface area (Å²) in [6, 6.07) is 2.17. The second-order valence-corrected chi connectivity index (χ2v) is 13.0. The Bertz CT molecular complexity index is 669.